The Hall–Kier alpha value is -1.64. The van der Waals surface area contributed by atoms with Crippen molar-refractivity contribution in [3.05, 3.63) is 35.9 Å². The third-order valence-corrected chi connectivity index (χ3v) is 3.39. The number of rotatable bonds is 3. The van der Waals surface area contributed by atoms with Crippen LogP contribution in [0, 0.1) is 0 Å². The maximum absolute atomic E-state index is 11.6. The van der Waals surface area contributed by atoms with E-state index in [-0.39, 0.29) is 17.2 Å². The second kappa shape index (κ2) is 4.70. The van der Waals surface area contributed by atoms with Crippen LogP contribution in [0.15, 0.2) is 30.3 Å². The molecule has 0 radical (unpaired) electrons. The fourth-order valence-corrected chi connectivity index (χ4v) is 2.72. The Morgan fingerprint density at radius 1 is 1.12 bits per heavy atom. The maximum atomic E-state index is 11.6. The van der Waals surface area contributed by atoms with Crippen LogP contribution < -0.4 is 5.32 Å². The lowest BCUT2D eigenvalue weighted by Gasteiger charge is -2.36. The first-order chi connectivity index (χ1) is 8.16. The molecule has 1 aromatic carbocycles. The van der Waals surface area contributed by atoms with Crippen molar-refractivity contribution in [3.63, 3.8) is 0 Å². The van der Waals surface area contributed by atoms with Gasteiger partial charge in [-0.2, -0.15) is 0 Å². The average molecular weight is 231 g/mol. The minimum absolute atomic E-state index is 0.154. The van der Waals surface area contributed by atoms with Crippen molar-refractivity contribution in [2.45, 2.75) is 38.0 Å². The Morgan fingerprint density at radius 3 is 2.24 bits per heavy atom. The lowest BCUT2D eigenvalue weighted by atomic mass is 9.70. The zero-order valence-corrected chi connectivity index (χ0v) is 10.0. The largest absolute Gasteiger partial charge is 0.296 e. The molecule has 0 aliphatic carbocycles. The van der Waals surface area contributed by atoms with E-state index in [2.05, 4.69) is 12.2 Å². The molecule has 1 heterocycles. The zero-order valence-electron chi connectivity index (χ0n) is 10.0. The normalized spacial score (nSPS) is 18.9. The smallest absolute Gasteiger partial charge is 0.227 e. The Labute approximate surface area is 101 Å². The third kappa shape index (κ3) is 2.38. The lowest BCUT2D eigenvalue weighted by Crippen LogP contribution is -2.47. The number of imide groups is 1. The summed E-state index contributed by atoms with van der Waals surface area (Å²) >= 11 is 0. The van der Waals surface area contributed by atoms with E-state index in [9.17, 15) is 9.59 Å². The predicted molar refractivity (Wildman–Crippen MR) is 65.4 cm³/mol. The monoisotopic (exact) mass is 231 g/mol. The van der Waals surface area contributed by atoms with Gasteiger partial charge in [0.15, 0.2) is 0 Å². The van der Waals surface area contributed by atoms with Crippen LogP contribution in [0.2, 0.25) is 0 Å². The van der Waals surface area contributed by atoms with Crippen molar-refractivity contribution in [1.29, 1.82) is 0 Å². The molecular formula is C14H17NO2. The number of nitrogens with one attached hydrogen (secondary N) is 1. The molecule has 0 atom stereocenters. The summed E-state index contributed by atoms with van der Waals surface area (Å²) < 4.78 is 0. The fourth-order valence-electron chi connectivity index (χ4n) is 2.72. The molecule has 3 nitrogen and oxygen atoms in total. The van der Waals surface area contributed by atoms with Crippen LogP contribution >= 0.6 is 0 Å². The van der Waals surface area contributed by atoms with E-state index in [1.165, 1.54) is 0 Å². The molecule has 1 N–H and O–H groups in total. The summed E-state index contributed by atoms with van der Waals surface area (Å²) in [7, 11) is 0. The van der Waals surface area contributed by atoms with Crippen molar-refractivity contribution in [2.24, 2.45) is 0 Å². The summed E-state index contributed by atoms with van der Waals surface area (Å²) in [5.41, 5.74) is 0.806. The van der Waals surface area contributed by atoms with E-state index in [1.807, 2.05) is 30.3 Å². The zero-order chi connectivity index (χ0) is 12.3. The van der Waals surface area contributed by atoms with Crippen LogP contribution in [-0.4, -0.2) is 11.8 Å². The van der Waals surface area contributed by atoms with Gasteiger partial charge in [0.05, 0.1) is 0 Å². The van der Waals surface area contributed by atoms with E-state index in [0.717, 1.165) is 18.4 Å². The second-order valence-corrected chi connectivity index (χ2v) is 4.72. The molecule has 3 heteroatoms. The molecule has 17 heavy (non-hydrogen) atoms. The van der Waals surface area contributed by atoms with E-state index in [4.69, 9.17) is 0 Å². The Bertz CT molecular complexity index is 409. The average Bonchev–Trinajstić information content (AvgIpc) is 2.29. The molecule has 0 bridgehead atoms. The van der Waals surface area contributed by atoms with Crippen LogP contribution in [0.3, 0.4) is 0 Å². The number of carbonyl (C=O) groups is 2. The topological polar surface area (TPSA) is 46.2 Å². The van der Waals surface area contributed by atoms with E-state index < -0.39 is 0 Å². The van der Waals surface area contributed by atoms with Crippen molar-refractivity contribution in [2.75, 3.05) is 0 Å². The van der Waals surface area contributed by atoms with E-state index in [1.54, 1.807) is 0 Å². The summed E-state index contributed by atoms with van der Waals surface area (Å²) in [5, 5.41) is 2.38. The van der Waals surface area contributed by atoms with Gasteiger partial charge in [-0.25, -0.2) is 0 Å². The van der Waals surface area contributed by atoms with Crippen LogP contribution in [0.4, 0.5) is 0 Å². The van der Waals surface area contributed by atoms with Crippen molar-refractivity contribution < 1.29 is 9.59 Å². The number of hydrogen-bond donors (Lipinski definition) is 1. The van der Waals surface area contributed by atoms with Gasteiger partial charge in [-0.15, -0.1) is 0 Å². The van der Waals surface area contributed by atoms with Gasteiger partial charge in [-0.3, -0.25) is 14.9 Å². The van der Waals surface area contributed by atoms with Gasteiger partial charge in [0, 0.05) is 18.3 Å². The molecule has 2 rings (SSSR count). The van der Waals surface area contributed by atoms with Gasteiger partial charge in [-0.05, 0) is 12.0 Å². The second-order valence-electron chi connectivity index (χ2n) is 4.72. The quantitative estimate of drug-likeness (QED) is 0.810. The maximum Gasteiger partial charge on any atom is 0.227 e. The fraction of sp³-hybridized carbons (Fsp3) is 0.429. The van der Waals surface area contributed by atoms with Gasteiger partial charge in [0.1, 0.15) is 0 Å². The van der Waals surface area contributed by atoms with Crippen LogP contribution in [-0.2, 0) is 15.0 Å². The summed E-state index contributed by atoms with van der Waals surface area (Å²) in [5.74, 6) is -0.308. The highest BCUT2D eigenvalue weighted by atomic mass is 16.2. The highest BCUT2D eigenvalue weighted by molar-refractivity contribution is 5.99. The molecule has 1 fully saturated rings. The van der Waals surface area contributed by atoms with Gasteiger partial charge < -0.3 is 0 Å². The molecule has 1 aromatic rings. The Morgan fingerprint density at radius 2 is 1.71 bits per heavy atom. The van der Waals surface area contributed by atoms with Gasteiger partial charge >= 0.3 is 0 Å². The van der Waals surface area contributed by atoms with Gasteiger partial charge in [0.2, 0.25) is 11.8 Å². The van der Waals surface area contributed by atoms with Gasteiger partial charge in [-0.1, -0.05) is 43.7 Å². The molecule has 0 saturated carbocycles. The standard InChI is InChI=1S/C14H17NO2/c1-2-8-14(11-6-4-3-5-7-11)9-12(16)15-13(17)10-14/h3-7H,2,8-10H2,1H3,(H,15,16,17). The molecule has 0 unspecified atom stereocenters. The van der Waals surface area contributed by atoms with Crippen LogP contribution in [0.25, 0.3) is 0 Å². The molecule has 1 aliphatic heterocycles. The third-order valence-electron chi connectivity index (χ3n) is 3.39. The molecule has 0 spiro atoms. The highest BCUT2D eigenvalue weighted by Gasteiger charge is 2.40. The highest BCUT2D eigenvalue weighted by Crippen LogP contribution is 2.38. The van der Waals surface area contributed by atoms with Crippen LogP contribution in [0.5, 0.6) is 0 Å². The summed E-state index contributed by atoms with van der Waals surface area (Å²) in [6, 6.07) is 9.91. The molecule has 1 saturated heterocycles. The molecule has 2 amide bonds. The predicted octanol–water partition coefficient (Wildman–Crippen LogP) is 2.16. The molecule has 90 valence electrons. The summed E-state index contributed by atoms with van der Waals surface area (Å²) in [6.45, 7) is 2.08. The minimum Gasteiger partial charge on any atom is -0.296 e. The van der Waals surface area contributed by atoms with Gasteiger partial charge in [0.25, 0.3) is 0 Å². The SMILES string of the molecule is CCCC1(c2ccccc2)CC(=O)NC(=O)C1. The first-order valence-electron chi connectivity index (χ1n) is 6.04. The number of benzene rings is 1. The lowest BCUT2D eigenvalue weighted by molar-refractivity contribution is -0.135. The van der Waals surface area contributed by atoms with Crippen LogP contribution in [0.1, 0.15) is 38.2 Å². The van der Waals surface area contributed by atoms with Crippen molar-refractivity contribution in [3.8, 4) is 0 Å². The first kappa shape index (κ1) is 11.8. The number of hydrogen-bond acceptors (Lipinski definition) is 2. The Balaban J connectivity index is 2.38. The summed E-state index contributed by atoms with van der Waals surface area (Å²) in [6.07, 6.45) is 2.67. The van der Waals surface area contributed by atoms with Crippen molar-refractivity contribution in [1.82, 2.24) is 5.32 Å². The first-order valence-corrected chi connectivity index (χ1v) is 6.04. The molecular weight excluding hydrogens is 214 g/mol. The number of carbonyl (C=O) groups excluding carboxylic acids is 2. The molecule has 1 aliphatic rings. The molecule has 0 aromatic heterocycles. The van der Waals surface area contributed by atoms with E-state index in [0.29, 0.717) is 12.8 Å². The minimum atomic E-state index is -0.296. The number of piperidine rings is 1. The Kier molecular flexibility index (Phi) is 3.27. The van der Waals surface area contributed by atoms with E-state index >= 15 is 0 Å². The number of amides is 2. The van der Waals surface area contributed by atoms with Crippen molar-refractivity contribution >= 4 is 11.8 Å². The summed E-state index contributed by atoms with van der Waals surface area (Å²) in [4.78, 5) is 23.2.